The van der Waals surface area contributed by atoms with E-state index in [0.29, 0.717) is 12.4 Å². The van der Waals surface area contributed by atoms with Crippen LogP contribution in [0, 0.1) is 17.8 Å². The normalized spacial score (nSPS) is 15.2. The molecule has 0 aromatic heterocycles. The quantitative estimate of drug-likeness (QED) is 0.700. The van der Waals surface area contributed by atoms with Crippen molar-refractivity contribution in [2.45, 2.75) is 54.1 Å². The smallest absolute Gasteiger partial charge is 0.293 e. The number of ether oxygens (including phenoxy) is 1. The van der Waals surface area contributed by atoms with E-state index in [9.17, 15) is 9.59 Å². The Hall–Kier alpha value is -1.06. The first-order valence-corrected chi connectivity index (χ1v) is 6.28. The molecular formula is C13H27NO3. The van der Waals surface area contributed by atoms with Crippen molar-refractivity contribution in [3.63, 3.8) is 0 Å². The summed E-state index contributed by atoms with van der Waals surface area (Å²) in [5, 5.41) is 0. The minimum Gasteiger partial charge on any atom is -0.463 e. The largest absolute Gasteiger partial charge is 0.463 e. The number of carbonyl (C=O) groups is 2. The van der Waals surface area contributed by atoms with E-state index in [2.05, 4.69) is 13.8 Å². The molecule has 0 bridgehead atoms. The zero-order chi connectivity index (χ0) is 14.0. The zero-order valence-electron chi connectivity index (χ0n) is 11.9. The molecule has 0 aromatic rings. The average molecular weight is 245 g/mol. The van der Waals surface area contributed by atoms with E-state index >= 15 is 0 Å². The number of nitrogens with two attached hydrogens (primary N) is 1. The number of hydrogen-bond acceptors (Lipinski definition) is 3. The Kier molecular flexibility index (Phi) is 10.9. The number of rotatable bonds is 7. The van der Waals surface area contributed by atoms with Gasteiger partial charge in [0.15, 0.2) is 0 Å². The molecule has 0 aliphatic carbocycles. The summed E-state index contributed by atoms with van der Waals surface area (Å²) in [6.45, 7) is 12.2. The molecule has 3 unspecified atom stereocenters. The van der Waals surface area contributed by atoms with E-state index < -0.39 is 17.9 Å². The predicted molar refractivity (Wildman–Crippen MR) is 69.3 cm³/mol. The summed E-state index contributed by atoms with van der Waals surface area (Å²) >= 11 is 0. The lowest BCUT2D eigenvalue weighted by molar-refractivity contribution is -0.143. The summed E-state index contributed by atoms with van der Waals surface area (Å²) in [6.07, 6.45) is 0.484. The van der Waals surface area contributed by atoms with Gasteiger partial charge < -0.3 is 10.5 Å². The Morgan fingerprint density at radius 3 is 2.00 bits per heavy atom. The van der Waals surface area contributed by atoms with E-state index in [-0.39, 0.29) is 5.92 Å². The van der Waals surface area contributed by atoms with Gasteiger partial charge in [0.1, 0.15) is 6.10 Å². The summed E-state index contributed by atoms with van der Waals surface area (Å²) in [6, 6.07) is 0. The maximum Gasteiger partial charge on any atom is 0.293 e. The molecule has 0 rings (SSSR count). The SMILES string of the molecule is CC.CC(C)CC(C)C(OC=O)C(C)C(N)=O. The first kappa shape index (κ1) is 18.3. The second-order valence-corrected chi connectivity index (χ2v) is 4.49. The maximum atomic E-state index is 11.0. The van der Waals surface area contributed by atoms with Crippen molar-refractivity contribution >= 4 is 12.4 Å². The van der Waals surface area contributed by atoms with Gasteiger partial charge in [-0.15, -0.1) is 0 Å². The van der Waals surface area contributed by atoms with Crippen LogP contribution in [0.5, 0.6) is 0 Å². The van der Waals surface area contributed by atoms with Crippen LogP contribution in [0.3, 0.4) is 0 Å². The van der Waals surface area contributed by atoms with Gasteiger partial charge in [0.25, 0.3) is 6.47 Å². The van der Waals surface area contributed by atoms with Gasteiger partial charge in [-0.05, 0) is 18.3 Å². The van der Waals surface area contributed by atoms with Gasteiger partial charge in [0.2, 0.25) is 5.91 Å². The maximum absolute atomic E-state index is 11.0. The van der Waals surface area contributed by atoms with Crippen LogP contribution in [0.4, 0.5) is 0 Å². The fourth-order valence-corrected chi connectivity index (χ4v) is 1.85. The van der Waals surface area contributed by atoms with Crippen LogP contribution in [0.2, 0.25) is 0 Å². The molecule has 0 saturated heterocycles. The summed E-state index contributed by atoms with van der Waals surface area (Å²) < 4.78 is 4.95. The Balaban J connectivity index is 0. The molecular weight excluding hydrogens is 218 g/mol. The van der Waals surface area contributed by atoms with Crippen LogP contribution in [-0.4, -0.2) is 18.5 Å². The van der Waals surface area contributed by atoms with Gasteiger partial charge in [0, 0.05) is 0 Å². The monoisotopic (exact) mass is 245 g/mol. The van der Waals surface area contributed by atoms with Gasteiger partial charge in [-0.25, -0.2) is 0 Å². The van der Waals surface area contributed by atoms with Crippen LogP contribution in [0.15, 0.2) is 0 Å². The Bertz CT molecular complexity index is 217. The fraction of sp³-hybridized carbons (Fsp3) is 0.846. The summed E-state index contributed by atoms with van der Waals surface area (Å²) in [5.74, 6) is -0.239. The molecule has 0 aliphatic heterocycles. The minimum atomic E-state index is -0.441. The van der Waals surface area contributed by atoms with Crippen LogP contribution < -0.4 is 5.73 Å². The highest BCUT2D eigenvalue weighted by molar-refractivity contribution is 5.77. The van der Waals surface area contributed by atoms with Crippen LogP contribution >= 0.6 is 0 Å². The van der Waals surface area contributed by atoms with Crippen LogP contribution in [0.1, 0.15) is 48.0 Å². The van der Waals surface area contributed by atoms with Crippen molar-refractivity contribution in [1.29, 1.82) is 0 Å². The van der Waals surface area contributed by atoms with Crippen molar-refractivity contribution in [1.82, 2.24) is 0 Å². The lowest BCUT2D eigenvalue weighted by atomic mass is 9.87. The van der Waals surface area contributed by atoms with E-state index in [1.54, 1.807) is 6.92 Å². The lowest BCUT2D eigenvalue weighted by Gasteiger charge is -2.27. The fourth-order valence-electron chi connectivity index (χ4n) is 1.85. The second-order valence-electron chi connectivity index (χ2n) is 4.49. The van der Waals surface area contributed by atoms with Gasteiger partial charge >= 0.3 is 0 Å². The average Bonchev–Trinajstić information content (AvgIpc) is 2.26. The van der Waals surface area contributed by atoms with Crippen molar-refractivity contribution in [3.8, 4) is 0 Å². The van der Waals surface area contributed by atoms with Gasteiger partial charge in [-0.1, -0.05) is 41.5 Å². The Morgan fingerprint density at radius 1 is 1.24 bits per heavy atom. The van der Waals surface area contributed by atoms with Gasteiger partial charge in [-0.2, -0.15) is 0 Å². The highest BCUT2D eigenvalue weighted by Gasteiger charge is 2.29. The highest BCUT2D eigenvalue weighted by atomic mass is 16.5. The van der Waals surface area contributed by atoms with E-state index in [0.717, 1.165) is 6.42 Å². The minimum absolute atomic E-state index is 0.137. The molecule has 0 fully saturated rings. The predicted octanol–water partition coefficient (Wildman–Crippen LogP) is 2.36. The van der Waals surface area contributed by atoms with Crippen molar-refractivity contribution < 1.29 is 14.3 Å². The van der Waals surface area contributed by atoms with Crippen molar-refractivity contribution in [2.75, 3.05) is 0 Å². The Labute approximate surface area is 105 Å². The van der Waals surface area contributed by atoms with E-state index in [1.165, 1.54) is 0 Å². The molecule has 3 atom stereocenters. The van der Waals surface area contributed by atoms with E-state index in [4.69, 9.17) is 10.5 Å². The van der Waals surface area contributed by atoms with E-state index in [1.807, 2.05) is 20.8 Å². The molecule has 1 amide bonds. The molecule has 4 heteroatoms. The topological polar surface area (TPSA) is 69.4 Å². The third kappa shape index (κ3) is 7.77. The second kappa shape index (κ2) is 10.1. The highest BCUT2D eigenvalue weighted by Crippen LogP contribution is 2.22. The van der Waals surface area contributed by atoms with Gasteiger partial charge in [0.05, 0.1) is 5.92 Å². The summed E-state index contributed by atoms with van der Waals surface area (Å²) in [7, 11) is 0. The third-order valence-corrected chi connectivity index (χ3v) is 2.56. The summed E-state index contributed by atoms with van der Waals surface area (Å²) in [5.41, 5.74) is 5.20. The molecule has 102 valence electrons. The van der Waals surface area contributed by atoms with Crippen molar-refractivity contribution in [2.24, 2.45) is 23.5 Å². The zero-order valence-corrected chi connectivity index (χ0v) is 11.9. The standard InChI is InChI=1S/C11H21NO3.C2H6/c1-7(2)5-8(3)10(15-6-13)9(4)11(12)14;1-2/h6-10H,5H2,1-4H3,(H2,12,14);1-2H3. The molecule has 0 aliphatic rings. The first-order valence-electron chi connectivity index (χ1n) is 6.28. The third-order valence-electron chi connectivity index (χ3n) is 2.56. The number of carbonyl (C=O) groups excluding carboxylic acids is 2. The molecule has 17 heavy (non-hydrogen) atoms. The number of hydrogen-bond donors (Lipinski definition) is 1. The molecule has 0 aromatic carbocycles. The molecule has 2 N–H and O–H groups in total. The van der Waals surface area contributed by atoms with Crippen molar-refractivity contribution in [3.05, 3.63) is 0 Å². The van der Waals surface area contributed by atoms with Gasteiger partial charge in [-0.3, -0.25) is 9.59 Å². The summed E-state index contributed by atoms with van der Waals surface area (Å²) in [4.78, 5) is 21.4. The molecule has 0 spiro atoms. The molecule has 0 radical (unpaired) electrons. The number of amides is 1. The Morgan fingerprint density at radius 2 is 1.71 bits per heavy atom. The lowest BCUT2D eigenvalue weighted by Crippen LogP contribution is -2.37. The molecule has 4 nitrogen and oxygen atoms in total. The first-order chi connectivity index (χ1) is 7.90. The molecule has 0 saturated carbocycles. The van der Waals surface area contributed by atoms with Crippen LogP contribution in [0.25, 0.3) is 0 Å². The number of primary amides is 1. The van der Waals surface area contributed by atoms with Crippen LogP contribution in [-0.2, 0) is 14.3 Å². The molecule has 0 heterocycles.